The van der Waals surface area contributed by atoms with Crippen molar-refractivity contribution in [3.8, 4) is 0 Å². The Hall–Kier alpha value is -0.790. The van der Waals surface area contributed by atoms with Crippen molar-refractivity contribution in [3.05, 3.63) is 19.1 Å². The lowest BCUT2D eigenvalue weighted by atomic mass is 10.1. The largest absolute Gasteiger partial charge is 0.466 e. The van der Waals surface area contributed by atoms with E-state index in [2.05, 4.69) is 11.7 Å². The van der Waals surface area contributed by atoms with Crippen molar-refractivity contribution >= 4 is 5.97 Å². The highest BCUT2D eigenvalue weighted by Crippen LogP contribution is 2.02. The number of ether oxygens (including phenoxy) is 1. The van der Waals surface area contributed by atoms with Crippen LogP contribution in [0.5, 0.6) is 0 Å². The van der Waals surface area contributed by atoms with Gasteiger partial charge in [0.15, 0.2) is 0 Å². The van der Waals surface area contributed by atoms with Crippen molar-refractivity contribution < 1.29 is 9.53 Å². The first-order chi connectivity index (χ1) is 5.81. The first-order valence-corrected chi connectivity index (χ1v) is 4.35. The van der Waals surface area contributed by atoms with Gasteiger partial charge in [0.05, 0.1) is 7.11 Å². The Kier molecular flexibility index (Phi) is 7.76. The van der Waals surface area contributed by atoms with Gasteiger partial charge in [-0.25, -0.2) is 4.79 Å². The highest BCUT2D eigenvalue weighted by Gasteiger charge is 1.89. The van der Waals surface area contributed by atoms with E-state index in [0.29, 0.717) is 0 Å². The van der Waals surface area contributed by atoms with Gasteiger partial charge in [0.1, 0.15) is 0 Å². The van der Waals surface area contributed by atoms with Crippen LogP contribution in [-0.4, -0.2) is 13.1 Å². The first kappa shape index (κ1) is 11.2. The summed E-state index contributed by atoms with van der Waals surface area (Å²) in [5.74, 6) is -0.271. The average Bonchev–Trinajstić information content (AvgIpc) is 2.10. The van der Waals surface area contributed by atoms with Crippen LogP contribution in [0.3, 0.4) is 0 Å². The van der Waals surface area contributed by atoms with Gasteiger partial charge in [-0.2, -0.15) is 0 Å². The summed E-state index contributed by atoms with van der Waals surface area (Å²) in [6.45, 7) is 3.75. The summed E-state index contributed by atoms with van der Waals surface area (Å²) in [7, 11) is 1.38. The van der Waals surface area contributed by atoms with Crippen molar-refractivity contribution in [3.63, 3.8) is 0 Å². The van der Waals surface area contributed by atoms with Gasteiger partial charge in [-0.15, -0.1) is 0 Å². The molecule has 0 atom stereocenters. The molecule has 0 aromatic carbocycles. The number of carbonyl (C=O) groups is 1. The van der Waals surface area contributed by atoms with Crippen molar-refractivity contribution in [1.82, 2.24) is 0 Å². The quantitative estimate of drug-likeness (QED) is 0.347. The fourth-order valence-corrected chi connectivity index (χ4v) is 0.863. The zero-order valence-corrected chi connectivity index (χ0v) is 7.71. The van der Waals surface area contributed by atoms with Crippen LogP contribution >= 0.6 is 0 Å². The van der Waals surface area contributed by atoms with Crippen LogP contribution in [0.1, 0.15) is 32.1 Å². The standard InChI is InChI=1S/C10H17O2/c1-3-4-5-6-7-8-9-10(11)12-2/h8-9H,1,3-7H2,2H3/b9-8+. The summed E-state index contributed by atoms with van der Waals surface area (Å²) in [5.41, 5.74) is 0. The zero-order valence-electron chi connectivity index (χ0n) is 7.71. The van der Waals surface area contributed by atoms with E-state index in [4.69, 9.17) is 0 Å². The number of hydrogen-bond acceptors (Lipinski definition) is 2. The SMILES string of the molecule is [CH2]CCCCC/C=C/C(=O)OC. The lowest BCUT2D eigenvalue weighted by Gasteiger charge is -1.93. The van der Waals surface area contributed by atoms with Crippen LogP contribution in [0.2, 0.25) is 0 Å². The number of unbranched alkanes of at least 4 members (excludes halogenated alkanes) is 4. The molecule has 0 aliphatic rings. The fraction of sp³-hybridized carbons (Fsp3) is 0.600. The Bertz CT molecular complexity index is 139. The second-order valence-electron chi connectivity index (χ2n) is 2.63. The molecule has 0 fully saturated rings. The predicted octanol–water partition coefficient (Wildman–Crippen LogP) is 2.50. The molecule has 0 N–H and O–H groups in total. The second kappa shape index (κ2) is 8.31. The minimum Gasteiger partial charge on any atom is -0.466 e. The van der Waals surface area contributed by atoms with E-state index in [1.165, 1.54) is 26.0 Å². The number of methoxy groups -OCH3 is 1. The molecule has 0 saturated carbocycles. The van der Waals surface area contributed by atoms with E-state index in [9.17, 15) is 4.79 Å². The minimum atomic E-state index is -0.271. The lowest BCUT2D eigenvalue weighted by molar-refractivity contribution is -0.134. The molecule has 0 rings (SSSR count). The number of esters is 1. The van der Waals surface area contributed by atoms with E-state index in [-0.39, 0.29) is 5.97 Å². The summed E-state index contributed by atoms with van der Waals surface area (Å²) in [6, 6.07) is 0. The molecule has 0 saturated heterocycles. The smallest absolute Gasteiger partial charge is 0.330 e. The normalized spacial score (nSPS) is 10.5. The Morgan fingerprint density at radius 3 is 2.75 bits per heavy atom. The third-order valence-electron chi connectivity index (χ3n) is 1.58. The maximum Gasteiger partial charge on any atom is 0.330 e. The van der Waals surface area contributed by atoms with Gasteiger partial charge in [-0.1, -0.05) is 32.3 Å². The Morgan fingerprint density at radius 1 is 1.42 bits per heavy atom. The number of carbonyl (C=O) groups excluding carboxylic acids is 1. The van der Waals surface area contributed by atoms with Crippen molar-refractivity contribution in [2.45, 2.75) is 32.1 Å². The molecule has 2 heteroatoms. The maximum absolute atomic E-state index is 10.6. The number of hydrogen-bond donors (Lipinski definition) is 0. The van der Waals surface area contributed by atoms with Crippen LogP contribution in [-0.2, 0) is 9.53 Å². The van der Waals surface area contributed by atoms with Gasteiger partial charge in [0.2, 0.25) is 0 Å². The molecule has 0 spiro atoms. The number of allylic oxidation sites excluding steroid dienone is 1. The molecule has 0 heterocycles. The molecule has 2 nitrogen and oxygen atoms in total. The van der Waals surface area contributed by atoms with Gasteiger partial charge in [0.25, 0.3) is 0 Å². The van der Waals surface area contributed by atoms with E-state index >= 15 is 0 Å². The summed E-state index contributed by atoms with van der Waals surface area (Å²) < 4.78 is 4.44. The van der Waals surface area contributed by atoms with E-state index in [0.717, 1.165) is 19.3 Å². The molecule has 0 aromatic heterocycles. The van der Waals surface area contributed by atoms with Crippen LogP contribution in [0, 0.1) is 6.92 Å². The average molecular weight is 169 g/mol. The van der Waals surface area contributed by atoms with Crippen LogP contribution in [0.25, 0.3) is 0 Å². The summed E-state index contributed by atoms with van der Waals surface area (Å²) in [5, 5.41) is 0. The van der Waals surface area contributed by atoms with Crippen LogP contribution < -0.4 is 0 Å². The summed E-state index contributed by atoms with van der Waals surface area (Å²) >= 11 is 0. The molecule has 12 heavy (non-hydrogen) atoms. The highest BCUT2D eigenvalue weighted by atomic mass is 16.5. The molecule has 1 radical (unpaired) electrons. The molecule has 0 bridgehead atoms. The Morgan fingerprint density at radius 2 is 2.17 bits per heavy atom. The third kappa shape index (κ3) is 7.32. The van der Waals surface area contributed by atoms with Crippen LogP contribution in [0.15, 0.2) is 12.2 Å². The van der Waals surface area contributed by atoms with Gasteiger partial charge in [-0.05, 0) is 12.8 Å². The lowest BCUT2D eigenvalue weighted by Crippen LogP contribution is -1.93. The maximum atomic E-state index is 10.6. The minimum absolute atomic E-state index is 0.271. The van der Waals surface area contributed by atoms with Crippen LogP contribution in [0.4, 0.5) is 0 Å². The second-order valence-corrected chi connectivity index (χ2v) is 2.63. The highest BCUT2D eigenvalue weighted by molar-refractivity contribution is 5.81. The predicted molar refractivity (Wildman–Crippen MR) is 49.6 cm³/mol. The first-order valence-electron chi connectivity index (χ1n) is 4.35. The van der Waals surface area contributed by atoms with E-state index < -0.39 is 0 Å². The zero-order chi connectivity index (χ0) is 9.23. The van der Waals surface area contributed by atoms with Crippen molar-refractivity contribution in [2.24, 2.45) is 0 Å². The van der Waals surface area contributed by atoms with Gasteiger partial charge in [-0.3, -0.25) is 0 Å². The fourth-order valence-electron chi connectivity index (χ4n) is 0.863. The van der Waals surface area contributed by atoms with Crippen molar-refractivity contribution in [1.29, 1.82) is 0 Å². The molecule has 0 aliphatic carbocycles. The topological polar surface area (TPSA) is 26.3 Å². The molecule has 0 unspecified atom stereocenters. The molecule has 0 aliphatic heterocycles. The van der Waals surface area contributed by atoms with Gasteiger partial charge in [0, 0.05) is 6.08 Å². The van der Waals surface area contributed by atoms with E-state index in [1.807, 2.05) is 6.08 Å². The van der Waals surface area contributed by atoms with Gasteiger partial charge < -0.3 is 4.74 Å². The molecular weight excluding hydrogens is 152 g/mol. The molecule has 69 valence electrons. The molecular formula is C10H17O2. The monoisotopic (exact) mass is 169 g/mol. The Balaban J connectivity index is 3.18. The Labute approximate surface area is 74.6 Å². The summed E-state index contributed by atoms with van der Waals surface area (Å²) in [4.78, 5) is 10.6. The van der Waals surface area contributed by atoms with Gasteiger partial charge >= 0.3 is 5.97 Å². The summed E-state index contributed by atoms with van der Waals surface area (Å²) in [6.07, 6.45) is 8.78. The third-order valence-corrected chi connectivity index (χ3v) is 1.58. The van der Waals surface area contributed by atoms with Crippen molar-refractivity contribution in [2.75, 3.05) is 7.11 Å². The molecule has 0 aromatic rings. The number of rotatable bonds is 6. The molecule has 0 amide bonds. The van der Waals surface area contributed by atoms with E-state index in [1.54, 1.807) is 0 Å².